The molecule has 0 aliphatic heterocycles. The van der Waals surface area contributed by atoms with E-state index in [4.69, 9.17) is 5.73 Å². The van der Waals surface area contributed by atoms with Crippen molar-refractivity contribution in [1.29, 1.82) is 0 Å². The Hall–Kier alpha value is -1.26. The minimum Gasteiger partial charge on any atom is -0.324 e. The minimum atomic E-state index is -0.256. The van der Waals surface area contributed by atoms with Crippen molar-refractivity contribution in [2.24, 2.45) is 5.73 Å². The summed E-state index contributed by atoms with van der Waals surface area (Å²) in [6.07, 6.45) is 2.36. The Morgan fingerprint density at radius 1 is 1.33 bits per heavy atom. The molecule has 0 bridgehead atoms. The fourth-order valence-electron chi connectivity index (χ4n) is 1.80. The first-order valence-corrected chi connectivity index (χ1v) is 6.47. The summed E-state index contributed by atoms with van der Waals surface area (Å²) in [6, 6.07) is 8.53. The van der Waals surface area contributed by atoms with E-state index in [0.29, 0.717) is 6.42 Å². The first-order valence-electron chi connectivity index (χ1n) is 5.67. The van der Waals surface area contributed by atoms with E-state index in [2.05, 4.69) is 20.9 Å². The van der Waals surface area contributed by atoms with Crippen LogP contribution in [0.2, 0.25) is 0 Å². The molecule has 1 unspecified atom stereocenters. The normalized spacial score (nSPS) is 12.4. The first kappa shape index (κ1) is 13.2. The molecule has 1 atom stereocenters. The van der Waals surface area contributed by atoms with Gasteiger partial charge in [0.05, 0.1) is 0 Å². The van der Waals surface area contributed by atoms with Gasteiger partial charge in [-0.25, -0.2) is 4.39 Å². The molecule has 2 N–H and O–H groups in total. The van der Waals surface area contributed by atoms with Crippen LogP contribution in [0.1, 0.15) is 22.9 Å². The third-order valence-corrected chi connectivity index (χ3v) is 3.20. The number of aryl methyl sites for hydroxylation is 1. The molecule has 1 heterocycles. The second-order valence-corrected chi connectivity index (χ2v) is 5.24. The zero-order chi connectivity index (χ0) is 13.1. The SMILES string of the molecule is Cc1ccc(C(N)Cc2cc(F)cc(Br)c2)cn1. The quantitative estimate of drug-likeness (QED) is 0.942. The number of nitrogens with two attached hydrogens (primary N) is 1. The van der Waals surface area contributed by atoms with E-state index in [1.165, 1.54) is 12.1 Å². The molecule has 2 aromatic rings. The van der Waals surface area contributed by atoms with Gasteiger partial charge < -0.3 is 5.73 Å². The number of rotatable bonds is 3. The number of halogens is 2. The van der Waals surface area contributed by atoms with Gasteiger partial charge in [-0.1, -0.05) is 22.0 Å². The van der Waals surface area contributed by atoms with E-state index in [-0.39, 0.29) is 11.9 Å². The van der Waals surface area contributed by atoms with E-state index in [1.807, 2.05) is 25.1 Å². The summed E-state index contributed by atoms with van der Waals surface area (Å²) < 4.78 is 14.0. The van der Waals surface area contributed by atoms with Crippen molar-refractivity contribution < 1.29 is 4.39 Å². The summed E-state index contributed by atoms with van der Waals surface area (Å²) in [7, 11) is 0. The highest BCUT2D eigenvalue weighted by molar-refractivity contribution is 9.10. The first-order chi connectivity index (χ1) is 8.54. The summed E-state index contributed by atoms with van der Waals surface area (Å²) in [6.45, 7) is 1.93. The van der Waals surface area contributed by atoms with E-state index < -0.39 is 0 Å². The van der Waals surface area contributed by atoms with Gasteiger partial charge in [0.2, 0.25) is 0 Å². The number of benzene rings is 1. The van der Waals surface area contributed by atoms with Crippen molar-refractivity contribution in [3.8, 4) is 0 Å². The summed E-state index contributed by atoms with van der Waals surface area (Å²) in [5.41, 5.74) is 8.89. The Labute approximate surface area is 114 Å². The van der Waals surface area contributed by atoms with Crippen LogP contribution in [0.5, 0.6) is 0 Å². The van der Waals surface area contributed by atoms with Gasteiger partial charge in [0, 0.05) is 22.4 Å². The van der Waals surface area contributed by atoms with Gasteiger partial charge in [-0.05, 0) is 48.7 Å². The van der Waals surface area contributed by atoms with Crippen LogP contribution in [0, 0.1) is 12.7 Å². The van der Waals surface area contributed by atoms with Crippen molar-refractivity contribution in [3.05, 3.63) is 63.6 Å². The van der Waals surface area contributed by atoms with Crippen molar-refractivity contribution in [2.45, 2.75) is 19.4 Å². The van der Waals surface area contributed by atoms with Crippen LogP contribution in [0.25, 0.3) is 0 Å². The molecule has 0 radical (unpaired) electrons. The Kier molecular flexibility index (Phi) is 4.09. The molecular weight excluding hydrogens is 295 g/mol. The number of pyridine rings is 1. The zero-order valence-electron chi connectivity index (χ0n) is 10.0. The van der Waals surface area contributed by atoms with Crippen LogP contribution in [-0.4, -0.2) is 4.98 Å². The van der Waals surface area contributed by atoms with Crippen molar-refractivity contribution in [3.63, 3.8) is 0 Å². The number of aromatic nitrogens is 1. The van der Waals surface area contributed by atoms with Crippen LogP contribution >= 0.6 is 15.9 Å². The Morgan fingerprint density at radius 3 is 2.72 bits per heavy atom. The monoisotopic (exact) mass is 308 g/mol. The molecule has 1 aromatic heterocycles. The topological polar surface area (TPSA) is 38.9 Å². The van der Waals surface area contributed by atoms with Gasteiger partial charge >= 0.3 is 0 Å². The summed E-state index contributed by atoms with van der Waals surface area (Å²) in [5.74, 6) is -0.256. The van der Waals surface area contributed by atoms with E-state index in [0.717, 1.165) is 21.3 Å². The van der Waals surface area contributed by atoms with Gasteiger partial charge in [-0.2, -0.15) is 0 Å². The summed E-state index contributed by atoms with van der Waals surface area (Å²) >= 11 is 3.28. The molecule has 0 saturated carbocycles. The predicted molar refractivity (Wildman–Crippen MR) is 73.7 cm³/mol. The molecule has 0 saturated heterocycles. The van der Waals surface area contributed by atoms with Crippen LogP contribution < -0.4 is 5.73 Å². The lowest BCUT2D eigenvalue weighted by atomic mass is 10.0. The molecule has 2 rings (SSSR count). The fourth-order valence-corrected chi connectivity index (χ4v) is 2.31. The average molecular weight is 309 g/mol. The van der Waals surface area contributed by atoms with Crippen LogP contribution in [0.15, 0.2) is 41.0 Å². The Morgan fingerprint density at radius 2 is 2.11 bits per heavy atom. The van der Waals surface area contributed by atoms with Gasteiger partial charge in [0.25, 0.3) is 0 Å². The average Bonchev–Trinajstić information content (AvgIpc) is 2.28. The molecule has 0 fully saturated rings. The third-order valence-electron chi connectivity index (χ3n) is 2.74. The van der Waals surface area contributed by atoms with Gasteiger partial charge in [0.15, 0.2) is 0 Å². The fraction of sp³-hybridized carbons (Fsp3) is 0.214. The summed E-state index contributed by atoms with van der Waals surface area (Å²) in [5, 5.41) is 0. The maximum absolute atomic E-state index is 13.3. The lowest BCUT2D eigenvalue weighted by molar-refractivity contribution is 0.621. The lowest BCUT2D eigenvalue weighted by Gasteiger charge is -2.12. The standard InChI is InChI=1S/C14H14BrFN2/c1-9-2-3-11(8-18-9)14(17)6-10-4-12(15)7-13(16)5-10/h2-5,7-8,14H,6,17H2,1H3. The largest absolute Gasteiger partial charge is 0.324 e. The van der Waals surface area contributed by atoms with E-state index >= 15 is 0 Å². The van der Waals surface area contributed by atoms with Gasteiger partial charge in [0.1, 0.15) is 5.82 Å². The highest BCUT2D eigenvalue weighted by Crippen LogP contribution is 2.20. The molecule has 0 aliphatic rings. The highest BCUT2D eigenvalue weighted by atomic mass is 79.9. The zero-order valence-corrected chi connectivity index (χ0v) is 11.6. The Bertz CT molecular complexity index is 520. The molecule has 0 spiro atoms. The highest BCUT2D eigenvalue weighted by Gasteiger charge is 2.09. The number of nitrogens with zero attached hydrogens (tertiary/aromatic N) is 1. The molecule has 2 nitrogen and oxygen atoms in total. The minimum absolute atomic E-state index is 0.174. The maximum atomic E-state index is 13.3. The van der Waals surface area contributed by atoms with Gasteiger partial charge in [-0.15, -0.1) is 0 Å². The van der Waals surface area contributed by atoms with Gasteiger partial charge in [-0.3, -0.25) is 4.98 Å². The molecule has 18 heavy (non-hydrogen) atoms. The van der Waals surface area contributed by atoms with Crippen LogP contribution in [0.3, 0.4) is 0 Å². The van der Waals surface area contributed by atoms with Crippen molar-refractivity contribution in [1.82, 2.24) is 4.98 Å². The predicted octanol–water partition coefficient (Wildman–Crippen LogP) is 3.53. The molecule has 0 aliphatic carbocycles. The number of hydrogen-bond acceptors (Lipinski definition) is 2. The molecule has 1 aromatic carbocycles. The smallest absolute Gasteiger partial charge is 0.124 e. The van der Waals surface area contributed by atoms with Crippen LogP contribution in [-0.2, 0) is 6.42 Å². The Balaban J connectivity index is 2.15. The molecule has 0 amide bonds. The summed E-state index contributed by atoms with van der Waals surface area (Å²) in [4.78, 5) is 4.21. The van der Waals surface area contributed by atoms with Crippen molar-refractivity contribution in [2.75, 3.05) is 0 Å². The third kappa shape index (κ3) is 3.37. The lowest BCUT2D eigenvalue weighted by Crippen LogP contribution is -2.13. The molecular formula is C14H14BrFN2. The van der Waals surface area contributed by atoms with Crippen molar-refractivity contribution >= 4 is 15.9 Å². The van der Waals surface area contributed by atoms with E-state index in [9.17, 15) is 4.39 Å². The second-order valence-electron chi connectivity index (χ2n) is 4.32. The molecule has 4 heteroatoms. The second kappa shape index (κ2) is 5.59. The van der Waals surface area contributed by atoms with Crippen LogP contribution in [0.4, 0.5) is 4.39 Å². The van der Waals surface area contributed by atoms with E-state index in [1.54, 1.807) is 6.20 Å². The maximum Gasteiger partial charge on any atom is 0.124 e. The molecule has 94 valence electrons. The number of hydrogen-bond donors (Lipinski definition) is 1.